The summed E-state index contributed by atoms with van der Waals surface area (Å²) in [7, 11) is -4.14. The smallest absolute Gasteiger partial charge is 0.304 e. The topological polar surface area (TPSA) is 104 Å². The highest BCUT2D eigenvalue weighted by Crippen LogP contribution is 2.54. The highest BCUT2D eigenvalue weighted by Gasteiger charge is 2.55. The number of nitrogens with one attached hydrogen (secondary N) is 1. The normalized spacial score (nSPS) is 23.4. The Kier molecular flexibility index (Phi) is 8.56. The Labute approximate surface area is 254 Å². The fourth-order valence-corrected chi connectivity index (χ4v) is 7.94. The van der Waals surface area contributed by atoms with Crippen molar-refractivity contribution in [2.24, 2.45) is 11.3 Å². The van der Waals surface area contributed by atoms with Gasteiger partial charge in [0.25, 0.3) is 0 Å². The Hall–Kier alpha value is -3.14. The van der Waals surface area contributed by atoms with Crippen molar-refractivity contribution in [3.05, 3.63) is 99.8 Å². The average Bonchev–Trinajstić information content (AvgIpc) is 3.76. The number of amides is 1. The monoisotopic (exact) mass is 632 g/mol. The van der Waals surface area contributed by atoms with E-state index in [1.807, 2.05) is 6.07 Å². The van der Waals surface area contributed by atoms with Gasteiger partial charge in [0, 0.05) is 16.0 Å². The maximum absolute atomic E-state index is 14.5. The van der Waals surface area contributed by atoms with Crippen molar-refractivity contribution < 1.29 is 27.5 Å². The second-order valence-corrected chi connectivity index (χ2v) is 14.1. The predicted molar refractivity (Wildman–Crippen MR) is 161 cm³/mol. The number of hydrogen-bond donors (Lipinski definition) is 2. The lowest BCUT2D eigenvalue weighted by molar-refractivity contribution is -0.160. The van der Waals surface area contributed by atoms with E-state index in [-0.39, 0.29) is 18.0 Å². The number of carbonyl (C=O) groups is 2. The van der Waals surface area contributed by atoms with Crippen LogP contribution in [-0.4, -0.2) is 42.1 Å². The number of carboxylic acid groups (broad SMARTS) is 1. The standard InChI is InChI=1S/C31H31Cl2FN2O5S/c1-31(17-28(37)38)16-24(21-5-4-6-23(33)15-21)29(20-11-13-22(32)14-12-20)36(30(31)39)27(19-9-10-19)18-42(40,41)35-26-8-3-2-7-25(26)34/h2-8,11-15,19,24,27,29,35H,9-10,16-18H2,1H3,(H,37,38)/t24-,27-,29-,31-/m1/s1. The Morgan fingerprint density at radius 3 is 2.36 bits per heavy atom. The molecule has 0 unspecified atom stereocenters. The summed E-state index contributed by atoms with van der Waals surface area (Å²) in [5.74, 6) is -3.29. The molecule has 0 spiro atoms. The summed E-state index contributed by atoms with van der Waals surface area (Å²) in [5, 5.41) is 10.8. The van der Waals surface area contributed by atoms with Gasteiger partial charge in [-0.15, -0.1) is 0 Å². The lowest BCUT2D eigenvalue weighted by Gasteiger charge is -2.52. The number of likely N-dealkylation sites (tertiary alicyclic amines) is 1. The van der Waals surface area contributed by atoms with Crippen LogP contribution in [0.25, 0.3) is 0 Å². The minimum absolute atomic E-state index is 0.131. The average molecular weight is 634 g/mol. The Bertz CT molecular complexity index is 1600. The van der Waals surface area contributed by atoms with Crippen LogP contribution in [0.4, 0.5) is 10.1 Å². The summed E-state index contributed by atoms with van der Waals surface area (Å²) in [6.45, 7) is 1.63. The second-order valence-electron chi connectivity index (χ2n) is 11.5. The van der Waals surface area contributed by atoms with Gasteiger partial charge < -0.3 is 10.0 Å². The lowest BCUT2D eigenvalue weighted by Crippen LogP contribution is -2.58. The maximum atomic E-state index is 14.5. The SMILES string of the molecule is C[C@]1(CC(=O)O)C[C@H](c2cccc(Cl)c2)[C@@H](c2ccc(Cl)cc2)N([C@H](CS(=O)(=O)Nc2ccccc2F)C2CC2)C1=O. The van der Waals surface area contributed by atoms with E-state index in [9.17, 15) is 27.5 Å². The van der Waals surface area contributed by atoms with E-state index in [0.29, 0.717) is 22.9 Å². The number of nitrogens with zero attached hydrogens (tertiary/aromatic N) is 1. The van der Waals surface area contributed by atoms with Crippen LogP contribution >= 0.6 is 23.2 Å². The van der Waals surface area contributed by atoms with E-state index in [2.05, 4.69) is 4.72 Å². The molecule has 4 atom stereocenters. The zero-order chi connectivity index (χ0) is 30.2. The Morgan fingerprint density at radius 2 is 1.74 bits per heavy atom. The number of halogens is 3. The molecule has 2 N–H and O–H groups in total. The van der Waals surface area contributed by atoms with Crippen molar-refractivity contribution in [1.29, 1.82) is 0 Å². The molecule has 0 bridgehead atoms. The molecule has 222 valence electrons. The summed E-state index contributed by atoms with van der Waals surface area (Å²) in [5.41, 5.74) is 0.0369. The fourth-order valence-electron chi connectivity index (χ4n) is 6.15. The van der Waals surface area contributed by atoms with E-state index < -0.39 is 63.3 Å². The number of carboxylic acids is 1. The molecule has 7 nitrogen and oxygen atoms in total. The first-order chi connectivity index (χ1) is 19.9. The summed E-state index contributed by atoms with van der Waals surface area (Å²) in [6.07, 6.45) is 1.19. The largest absolute Gasteiger partial charge is 0.481 e. The molecule has 2 fully saturated rings. The number of benzene rings is 3. The van der Waals surface area contributed by atoms with Crippen molar-refractivity contribution in [3.8, 4) is 0 Å². The van der Waals surface area contributed by atoms with Gasteiger partial charge in [-0.3, -0.25) is 14.3 Å². The molecule has 42 heavy (non-hydrogen) atoms. The summed E-state index contributed by atoms with van der Waals surface area (Å²) >= 11 is 12.6. The number of sulfonamides is 1. The molecule has 1 heterocycles. The predicted octanol–water partition coefficient (Wildman–Crippen LogP) is 6.89. The van der Waals surface area contributed by atoms with Gasteiger partial charge in [0.2, 0.25) is 15.9 Å². The third-order valence-electron chi connectivity index (χ3n) is 8.18. The summed E-state index contributed by atoms with van der Waals surface area (Å²) < 4.78 is 43.8. The maximum Gasteiger partial charge on any atom is 0.304 e. The highest BCUT2D eigenvalue weighted by molar-refractivity contribution is 7.92. The molecule has 1 amide bonds. The number of rotatable bonds is 10. The van der Waals surface area contributed by atoms with Crippen molar-refractivity contribution in [2.75, 3.05) is 10.5 Å². The third kappa shape index (κ3) is 6.58. The molecule has 1 saturated carbocycles. The van der Waals surface area contributed by atoms with Crippen molar-refractivity contribution in [2.45, 2.75) is 50.6 Å². The van der Waals surface area contributed by atoms with Crippen molar-refractivity contribution in [3.63, 3.8) is 0 Å². The van der Waals surface area contributed by atoms with E-state index in [4.69, 9.17) is 23.2 Å². The van der Waals surface area contributed by atoms with Crippen LogP contribution < -0.4 is 4.72 Å². The van der Waals surface area contributed by atoms with E-state index >= 15 is 0 Å². The number of anilines is 1. The van der Waals surface area contributed by atoms with Gasteiger partial charge in [-0.05, 0) is 72.7 Å². The van der Waals surface area contributed by atoms with Gasteiger partial charge in [-0.1, -0.05) is 66.5 Å². The van der Waals surface area contributed by atoms with Gasteiger partial charge in [0.1, 0.15) is 5.82 Å². The van der Waals surface area contributed by atoms with Crippen LogP contribution in [0.1, 0.15) is 55.7 Å². The van der Waals surface area contributed by atoms with Gasteiger partial charge in [-0.25, -0.2) is 12.8 Å². The molecule has 1 aliphatic carbocycles. The number of piperidine rings is 1. The zero-order valence-corrected chi connectivity index (χ0v) is 25.2. The molecule has 1 saturated heterocycles. The molecular weight excluding hydrogens is 602 g/mol. The van der Waals surface area contributed by atoms with E-state index in [1.54, 1.807) is 54.3 Å². The van der Waals surface area contributed by atoms with Crippen LogP contribution in [0.3, 0.4) is 0 Å². The molecule has 2 aliphatic rings. The summed E-state index contributed by atoms with van der Waals surface area (Å²) in [6, 6.07) is 18.3. The molecular formula is C31H31Cl2FN2O5S. The molecule has 0 aromatic heterocycles. The number of para-hydroxylation sites is 1. The first kappa shape index (κ1) is 30.3. The molecule has 1 aliphatic heterocycles. The molecule has 11 heteroatoms. The van der Waals surface area contributed by atoms with E-state index in [1.165, 1.54) is 18.2 Å². The Morgan fingerprint density at radius 1 is 1.05 bits per heavy atom. The number of hydrogen-bond acceptors (Lipinski definition) is 4. The van der Waals surface area contributed by atoms with Crippen LogP contribution in [0.15, 0.2) is 72.8 Å². The first-order valence-corrected chi connectivity index (χ1v) is 16.1. The Balaban J connectivity index is 1.64. The van der Waals surface area contributed by atoms with Crippen LogP contribution in [0.5, 0.6) is 0 Å². The van der Waals surface area contributed by atoms with Crippen molar-refractivity contribution >= 4 is 50.8 Å². The lowest BCUT2D eigenvalue weighted by atomic mass is 9.67. The van der Waals surface area contributed by atoms with Gasteiger partial charge in [0.05, 0.1) is 35.4 Å². The van der Waals surface area contributed by atoms with Gasteiger partial charge >= 0.3 is 5.97 Å². The minimum Gasteiger partial charge on any atom is -0.481 e. The minimum atomic E-state index is -4.14. The fraction of sp³-hybridized carbons (Fsp3) is 0.355. The highest BCUT2D eigenvalue weighted by atomic mass is 35.5. The summed E-state index contributed by atoms with van der Waals surface area (Å²) in [4.78, 5) is 28.1. The molecule has 3 aromatic rings. The second kappa shape index (κ2) is 11.9. The van der Waals surface area contributed by atoms with Crippen LogP contribution in [-0.2, 0) is 19.6 Å². The number of aliphatic carboxylic acids is 1. The van der Waals surface area contributed by atoms with Crippen LogP contribution in [0, 0.1) is 17.2 Å². The third-order valence-corrected chi connectivity index (χ3v) is 9.98. The number of carbonyl (C=O) groups excluding carboxylic acids is 1. The van der Waals surface area contributed by atoms with E-state index in [0.717, 1.165) is 17.2 Å². The molecule has 5 rings (SSSR count). The van der Waals surface area contributed by atoms with Crippen LogP contribution in [0.2, 0.25) is 10.0 Å². The molecule has 3 aromatic carbocycles. The molecule has 0 radical (unpaired) electrons. The first-order valence-electron chi connectivity index (χ1n) is 13.7. The van der Waals surface area contributed by atoms with Gasteiger partial charge in [0.15, 0.2) is 0 Å². The quantitative estimate of drug-likeness (QED) is 0.253. The van der Waals surface area contributed by atoms with Gasteiger partial charge in [-0.2, -0.15) is 0 Å². The van der Waals surface area contributed by atoms with Crippen molar-refractivity contribution in [1.82, 2.24) is 4.90 Å². The zero-order valence-electron chi connectivity index (χ0n) is 22.8.